The first kappa shape index (κ1) is 30.5. The van der Waals surface area contributed by atoms with Crippen LogP contribution in [0.5, 0.6) is 0 Å². The van der Waals surface area contributed by atoms with E-state index in [0.717, 1.165) is 19.3 Å². The lowest BCUT2D eigenvalue weighted by Crippen LogP contribution is -2.69. The molecule has 0 spiro atoms. The summed E-state index contributed by atoms with van der Waals surface area (Å²) in [5, 5.41) is 9.29. The van der Waals surface area contributed by atoms with Crippen LogP contribution < -0.4 is 0 Å². The molecule has 1 aliphatic heterocycles. The first-order chi connectivity index (χ1) is 18.5. The Morgan fingerprint density at radius 3 is 2.48 bits per heavy atom. The van der Waals surface area contributed by atoms with Crippen molar-refractivity contribution in [1.82, 2.24) is 0 Å². The smallest absolute Gasteiger partial charge is 0.238 e. The summed E-state index contributed by atoms with van der Waals surface area (Å²) < 4.78 is 28.9. The highest BCUT2D eigenvalue weighted by Gasteiger charge is 2.80. The Labute approximate surface area is 249 Å². The predicted octanol–water partition coefficient (Wildman–Crippen LogP) is 6.88. The molecule has 1 N–H and O–H groups in total. The third-order valence-corrected chi connectivity index (χ3v) is 12.5. The minimum absolute atomic E-state index is 0.0350. The molecule has 0 aromatic heterocycles. The monoisotopic (exact) mass is 618 g/mol. The number of rotatable bonds is 7. The van der Waals surface area contributed by atoms with E-state index < -0.39 is 62.2 Å². The van der Waals surface area contributed by atoms with Gasteiger partial charge in [-0.3, -0.25) is 14.4 Å². The molecule has 9 atom stereocenters. The van der Waals surface area contributed by atoms with E-state index in [1.807, 2.05) is 6.92 Å². The zero-order valence-electron chi connectivity index (χ0n) is 23.6. The van der Waals surface area contributed by atoms with Crippen molar-refractivity contribution in [3.63, 3.8) is 0 Å². The van der Waals surface area contributed by atoms with Crippen molar-refractivity contribution in [1.29, 1.82) is 0 Å². The van der Waals surface area contributed by atoms with Gasteiger partial charge in [-0.25, -0.2) is 4.39 Å². The first-order valence-electron chi connectivity index (χ1n) is 14.3. The number of carbonyl (C=O) groups excluding carboxylic acids is 3. The number of hydrogen-bond acceptors (Lipinski definition) is 6. The summed E-state index contributed by atoms with van der Waals surface area (Å²) >= 11 is 21.1. The van der Waals surface area contributed by atoms with Gasteiger partial charge in [-0.15, -0.1) is 23.2 Å². The van der Waals surface area contributed by atoms with Gasteiger partial charge >= 0.3 is 0 Å². The van der Waals surface area contributed by atoms with Crippen molar-refractivity contribution in [2.45, 2.75) is 120 Å². The molecule has 222 valence electrons. The van der Waals surface area contributed by atoms with Gasteiger partial charge in [0.1, 0.15) is 12.0 Å². The van der Waals surface area contributed by atoms with Crippen LogP contribution in [0.3, 0.4) is 0 Å². The average molecular weight is 620 g/mol. The zero-order chi connectivity index (χ0) is 29.6. The van der Waals surface area contributed by atoms with Gasteiger partial charge in [0.2, 0.25) is 5.78 Å². The van der Waals surface area contributed by atoms with Crippen molar-refractivity contribution in [2.75, 3.05) is 0 Å². The predicted molar refractivity (Wildman–Crippen MR) is 150 cm³/mol. The van der Waals surface area contributed by atoms with E-state index in [-0.39, 0.29) is 47.4 Å². The Bertz CT molecular complexity index is 1220. The molecular weight excluding hydrogens is 582 g/mol. The van der Waals surface area contributed by atoms with Gasteiger partial charge in [-0.2, -0.15) is 0 Å². The highest BCUT2D eigenvalue weighted by Crippen LogP contribution is 2.74. The number of aliphatic hydroxyl groups is 1. The van der Waals surface area contributed by atoms with Crippen LogP contribution in [0.25, 0.3) is 0 Å². The molecule has 1 saturated heterocycles. The van der Waals surface area contributed by atoms with Crippen molar-refractivity contribution >= 4 is 52.2 Å². The maximum Gasteiger partial charge on any atom is 0.238 e. The van der Waals surface area contributed by atoms with Gasteiger partial charge in [0.15, 0.2) is 22.9 Å². The molecule has 3 saturated carbocycles. The number of ether oxygens (including phenoxy) is 2. The average Bonchev–Trinajstić information content (AvgIpc) is 3.25. The maximum atomic E-state index is 16.1. The van der Waals surface area contributed by atoms with Crippen LogP contribution >= 0.6 is 34.8 Å². The topological polar surface area (TPSA) is 89.9 Å². The molecule has 10 heteroatoms. The summed E-state index contributed by atoms with van der Waals surface area (Å²) in [7, 11) is 0. The summed E-state index contributed by atoms with van der Waals surface area (Å²) in [4.78, 5) is 38.2. The second-order valence-electron chi connectivity index (χ2n) is 13.2. The van der Waals surface area contributed by atoms with Crippen LogP contribution in [0.1, 0.15) is 86.0 Å². The Morgan fingerprint density at radius 2 is 1.82 bits per heavy atom. The van der Waals surface area contributed by atoms with Gasteiger partial charge in [-0.05, 0) is 63.0 Å². The quantitative estimate of drug-likeness (QED) is 0.190. The zero-order valence-corrected chi connectivity index (χ0v) is 25.9. The fourth-order valence-corrected chi connectivity index (χ4v) is 10.5. The van der Waals surface area contributed by atoms with Crippen LogP contribution in [0.4, 0.5) is 4.39 Å². The molecule has 0 bridgehead atoms. The fraction of sp³-hybridized carbons (Fsp3) is 0.767. The van der Waals surface area contributed by atoms with Crippen molar-refractivity contribution in [3.05, 3.63) is 22.4 Å². The van der Waals surface area contributed by atoms with Gasteiger partial charge in [0.25, 0.3) is 0 Å². The van der Waals surface area contributed by atoms with E-state index in [0.29, 0.717) is 12.8 Å². The lowest BCUT2D eigenvalue weighted by Gasteiger charge is -2.64. The van der Waals surface area contributed by atoms with Crippen LogP contribution in [-0.2, 0) is 23.9 Å². The minimum Gasteiger partial charge on any atom is -0.504 e. The molecule has 0 aromatic carbocycles. The Balaban J connectivity index is 1.58. The SMILES string of the molecule is CCCCCC(=O)CC(=O)[C@@]12OC(C)(C)O[C@@H]1C[C@H]1[C@@H]3C[C@H](F)C4=C(Cl)C(=O)C(O)=C[C@]4(C)[C@@]3(Cl)[C@@H](Cl)C[C@@]12C. The number of allylic oxidation sites excluding steroid dienone is 3. The van der Waals surface area contributed by atoms with E-state index in [1.165, 1.54) is 6.08 Å². The van der Waals surface area contributed by atoms with Crippen molar-refractivity contribution < 1.29 is 33.4 Å². The number of ketones is 3. The molecule has 4 aliphatic carbocycles. The van der Waals surface area contributed by atoms with Gasteiger partial charge in [0, 0.05) is 17.3 Å². The second kappa shape index (κ2) is 9.77. The number of halogens is 4. The standard InChI is InChI=1S/C30H38Cl3FO6/c1-6-7-8-9-15(35)10-21(37)30-22(39-26(2,3)40-30)12-16-17-11-18(34)23-24(32)25(38)19(36)13-28(23,5)29(17,33)20(31)14-27(16,30)4/h13,16-18,20,22,36H,6-12,14H2,1-5H3/t16-,17-,18-,20-,22+,27-,28-,29-,30+/m0/s1. The fourth-order valence-electron chi connectivity index (χ4n) is 8.90. The largest absolute Gasteiger partial charge is 0.504 e. The van der Waals surface area contributed by atoms with Crippen LogP contribution in [0, 0.1) is 22.7 Å². The summed E-state index contributed by atoms with van der Waals surface area (Å²) in [6, 6.07) is 0. The number of alkyl halides is 3. The second-order valence-corrected chi connectivity index (χ2v) is 14.8. The molecule has 5 aliphatic rings. The van der Waals surface area contributed by atoms with E-state index in [2.05, 4.69) is 6.92 Å². The number of hydrogen-bond donors (Lipinski definition) is 1. The molecule has 0 amide bonds. The highest BCUT2D eigenvalue weighted by molar-refractivity contribution is 6.46. The summed E-state index contributed by atoms with van der Waals surface area (Å²) in [6.07, 6.45) is 2.18. The van der Waals surface area contributed by atoms with E-state index in [4.69, 9.17) is 44.3 Å². The lowest BCUT2D eigenvalue weighted by molar-refractivity contribution is -0.213. The molecule has 4 fully saturated rings. The third-order valence-electron chi connectivity index (χ3n) is 10.6. The van der Waals surface area contributed by atoms with E-state index in [1.54, 1.807) is 20.8 Å². The number of aliphatic hydroxyl groups excluding tert-OH is 1. The maximum absolute atomic E-state index is 16.1. The molecule has 0 radical (unpaired) electrons. The number of unbranched alkanes of at least 4 members (excludes halogenated alkanes) is 2. The van der Waals surface area contributed by atoms with Crippen LogP contribution in [-0.4, -0.2) is 56.4 Å². The molecule has 1 heterocycles. The van der Waals surface area contributed by atoms with Gasteiger partial charge < -0.3 is 14.6 Å². The van der Waals surface area contributed by atoms with E-state index >= 15 is 4.39 Å². The Kier molecular flexibility index (Phi) is 7.44. The highest BCUT2D eigenvalue weighted by atomic mass is 35.5. The number of Topliss-reactive ketones (excluding diaryl/α,β-unsaturated/α-hetero) is 3. The summed E-state index contributed by atoms with van der Waals surface area (Å²) in [6.45, 7) is 9.15. The van der Waals surface area contributed by atoms with E-state index in [9.17, 15) is 19.5 Å². The summed E-state index contributed by atoms with van der Waals surface area (Å²) in [5.74, 6) is -3.90. The van der Waals surface area contributed by atoms with Crippen molar-refractivity contribution in [3.8, 4) is 0 Å². The molecule has 40 heavy (non-hydrogen) atoms. The third kappa shape index (κ3) is 3.89. The van der Waals surface area contributed by atoms with Gasteiger partial charge in [0.05, 0.1) is 27.8 Å². The molecule has 0 aromatic rings. The molecular formula is C30H38Cl3FO6. The number of carbonyl (C=O) groups is 3. The first-order valence-corrected chi connectivity index (χ1v) is 15.5. The lowest BCUT2D eigenvalue weighted by atomic mass is 9.46. The van der Waals surface area contributed by atoms with Crippen molar-refractivity contribution in [2.24, 2.45) is 22.7 Å². The Morgan fingerprint density at radius 1 is 1.15 bits per heavy atom. The molecule has 0 unspecified atom stereocenters. The Hall–Kier alpha value is -0.990. The minimum atomic E-state index is -1.61. The summed E-state index contributed by atoms with van der Waals surface area (Å²) in [5.41, 5.74) is -3.69. The molecule has 5 rings (SSSR count). The van der Waals surface area contributed by atoms with Gasteiger partial charge in [-0.1, -0.05) is 45.2 Å². The van der Waals surface area contributed by atoms with Crippen LogP contribution in [0.15, 0.2) is 22.4 Å². The molecule has 6 nitrogen and oxygen atoms in total. The number of fused-ring (bicyclic) bond motifs is 7. The van der Waals surface area contributed by atoms with Crippen LogP contribution in [0.2, 0.25) is 0 Å². The normalized spacial score (nSPS) is 45.4.